The molecule has 6 nitrogen and oxygen atoms in total. The van der Waals surface area contributed by atoms with Crippen LogP contribution in [-0.4, -0.2) is 38.7 Å². The number of aryl methyl sites for hydroxylation is 1. The predicted octanol–water partition coefficient (Wildman–Crippen LogP) is 3.66. The van der Waals surface area contributed by atoms with E-state index < -0.39 is 5.25 Å². The number of benzene rings is 2. The second kappa shape index (κ2) is 9.80. The van der Waals surface area contributed by atoms with Gasteiger partial charge in [0.05, 0.1) is 0 Å². The Bertz CT molecular complexity index is 1010. The lowest BCUT2D eigenvalue weighted by Crippen LogP contribution is -2.38. The van der Waals surface area contributed by atoms with E-state index in [1.807, 2.05) is 65.6 Å². The molecule has 4 rings (SSSR count). The van der Waals surface area contributed by atoms with Crippen LogP contribution < -0.4 is 5.69 Å². The monoisotopic (exact) mass is 422 g/mol. The Morgan fingerprint density at radius 3 is 2.37 bits per heavy atom. The third kappa shape index (κ3) is 4.84. The molecule has 1 amide bonds. The molecule has 0 radical (unpaired) electrons. The van der Waals surface area contributed by atoms with E-state index in [2.05, 4.69) is 10.2 Å². The number of hydrogen-bond acceptors (Lipinski definition) is 4. The number of piperidine rings is 1. The number of nitrogens with one attached hydrogen (secondary N) is 1. The lowest BCUT2D eigenvalue weighted by molar-refractivity contribution is -0.131. The van der Waals surface area contributed by atoms with Crippen LogP contribution in [0.25, 0.3) is 0 Å². The minimum absolute atomic E-state index is 0.0935. The van der Waals surface area contributed by atoms with Gasteiger partial charge >= 0.3 is 5.69 Å². The van der Waals surface area contributed by atoms with Crippen LogP contribution in [0.3, 0.4) is 0 Å². The maximum atomic E-state index is 13.4. The second-order valence-corrected chi connectivity index (χ2v) is 8.57. The average molecular weight is 423 g/mol. The molecule has 1 atom stereocenters. The van der Waals surface area contributed by atoms with E-state index in [9.17, 15) is 9.59 Å². The van der Waals surface area contributed by atoms with Gasteiger partial charge in [0.25, 0.3) is 0 Å². The summed E-state index contributed by atoms with van der Waals surface area (Å²) in [6.07, 6.45) is 3.99. The molecule has 2 aromatic carbocycles. The number of thioether (sulfide) groups is 1. The van der Waals surface area contributed by atoms with Crippen LogP contribution in [0.1, 0.15) is 35.6 Å². The van der Waals surface area contributed by atoms with Gasteiger partial charge in [-0.3, -0.25) is 9.36 Å². The topological polar surface area (TPSA) is 71.0 Å². The van der Waals surface area contributed by atoms with Crippen molar-refractivity contribution in [2.24, 2.45) is 0 Å². The van der Waals surface area contributed by atoms with Gasteiger partial charge in [0.1, 0.15) is 5.25 Å². The second-order valence-electron chi connectivity index (χ2n) is 7.49. The first-order chi connectivity index (χ1) is 14.7. The van der Waals surface area contributed by atoms with Crippen molar-refractivity contribution in [2.75, 3.05) is 13.1 Å². The lowest BCUT2D eigenvalue weighted by Gasteiger charge is -2.30. The number of rotatable bonds is 7. The van der Waals surface area contributed by atoms with Crippen LogP contribution in [0.5, 0.6) is 0 Å². The van der Waals surface area contributed by atoms with Crippen molar-refractivity contribution in [3.8, 4) is 0 Å². The van der Waals surface area contributed by atoms with Crippen molar-refractivity contribution in [2.45, 2.75) is 42.6 Å². The zero-order valence-electron chi connectivity index (χ0n) is 16.9. The van der Waals surface area contributed by atoms with Crippen LogP contribution in [0.2, 0.25) is 0 Å². The summed E-state index contributed by atoms with van der Waals surface area (Å²) in [4.78, 5) is 27.7. The number of H-pyrrole nitrogens is 1. The van der Waals surface area contributed by atoms with Gasteiger partial charge in [0, 0.05) is 19.6 Å². The number of aromatic nitrogens is 3. The number of hydrogen-bond donors (Lipinski definition) is 1. The molecule has 1 aliphatic heterocycles. The fourth-order valence-corrected chi connectivity index (χ4v) is 4.90. The summed E-state index contributed by atoms with van der Waals surface area (Å²) in [6, 6.07) is 19.8. The molecular weight excluding hydrogens is 396 g/mol. The largest absolute Gasteiger partial charge is 0.343 e. The van der Waals surface area contributed by atoms with Gasteiger partial charge in [-0.05, 0) is 36.8 Å². The molecule has 7 heteroatoms. The molecule has 0 aliphatic carbocycles. The Morgan fingerprint density at radius 2 is 1.67 bits per heavy atom. The minimum Gasteiger partial charge on any atom is -0.341 e. The van der Waals surface area contributed by atoms with Crippen LogP contribution in [0, 0.1) is 0 Å². The fraction of sp³-hybridized carbons (Fsp3) is 0.348. The zero-order chi connectivity index (χ0) is 20.8. The van der Waals surface area contributed by atoms with Crippen molar-refractivity contribution in [3.63, 3.8) is 0 Å². The third-order valence-corrected chi connectivity index (χ3v) is 6.64. The van der Waals surface area contributed by atoms with E-state index in [0.717, 1.165) is 43.5 Å². The highest BCUT2D eigenvalue weighted by atomic mass is 32.2. The zero-order valence-corrected chi connectivity index (χ0v) is 17.7. The Labute approximate surface area is 180 Å². The number of aromatic amines is 1. The summed E-state index contributed by atoms with van der Waals surface area (Å²) in [5.41, 5.74) is 1.85. The van der Waals surface area contributed by atoms with Gasteiger partial charge in [-0.1, -0.05) is 72.4 Å². The molecule has 1 aliphatic rings. The predicted molar refractivity (Wildman–Crippen MR) is 118 cm³/mol. The van der Waals surface area contributed by atoms with Gasteiger partial charge < -0.3 is 4.90 Å². The maximum absolute atomic E-state index is 13.4. The number of amides is 1. The van der Waals surface area contributed by atoms with Gasteiger partial charge in [-0.2, -0.15) is 0 Å². The van der Waals surface area contributed by atoms with Crippen LogP contribution in [0.4, 0.5) is 0 Å². The Balaban J connectivity index is 1.57. The normalized spacial score (nSPS) is 15.1. The summed E-state index contributed by atoms with van der Waals surface area (Å²) in [5.74, 6) is 0.0935. The van der Waals surface area contributed by atoms with Gasteiger partial charge in [0.2, 0.25) is 5.91 Å². The molecule has 1 fully saturated rings. The maximum Gasteiger partial charge on any atom is 0.343 e. The molecule has 1 saturated heterocycles. The van der Waals surface area contributed by atoms with E-state index in [1.54, 1.807) is 4.57 Å². The quantitative estimate of drug-likeness (QED) is 0.590. The molecule has 156 valence electrons. The molecule has 30 heavy (non-hydrogen) atoms. The first kappa shape index (κ1) is 20.5. The number of likely N-dealkylation sites (tertiary alicyclic amines) is 1. The molecule has 3 aromatic rings. The smallest absolute Gasteiger partial charge is 0.341 e. The Kier molecular flexibility index (Phi) is 6.69. The minimum atomic E-state index is -0.421. The van der Waals surface area contributed by atoms with Crippen molar-refractivity contribution >= 4 is 17.7 Å². The highest BCUT2D eigenvalue weighted by molar-refractivity contribution is 8.00. The van der Waals surface area contributed by atoms with Crippen molar-refractivity contribution in [3.05, 3.63) is 82.3 Å². The first-order valence-electron chi connectivity index (χ1n) is 10.4. The molecule has 1 aromatic heterocycles. The van der Waals surface area contributed by atoms with Crippen molar-refractivity contribution in [1.29, 1.82) is 0 Å². The van der Waals surface area contributed by atoms with E-state index >= 15 is 0 Å². The summed E-state index contributed by atoms with van der Waals surface area (Å²) in [5, 5.41) is 6.93. The molecule has 0 unspecified atom stereocenters. The standard InChI is InChI=1S/C23H26N4O2S/c28-21(26-15-8-3-9-16-26)20(19-12-6-2-7-13-19)30-23-25-24-22(29)27(23)17-14-18-10-4-1-5-11-18/h1-2,4-7,10-13,20H,3,8-9,14-17H2,(H,24,29)/t20-/m1/s1. The lowest BCUT2D eigenvalue weighted by atomic mass is 10.1. The third-order valence-electron chi connectivity index (χ3n) is 5.41. The molecule has 0 spiro atoms. The number of nitrogens with zero attached hydrogens (tertiary/aromatic N) is 3. The number of carbonyl (C=O) groups is 1. The number of carbonyl (C=O) groups excluding carboxylic acids is 1. The van der Waals surface area contributed by atoms with E-state index in [4.69, 9.17) is 0 Å². The average Bonchev–Trinajstić information content (AvgIpc) is 3.16. The van der Waals surface area contributed by atoms with Crippen LogP contribution >= 0.6 is 11.8 Å². The molecule has 2 heterocycles. The van der Waals surface area contributed by atoms with Crippen molar-refractivity contribution in [1.82, 2.24) is 19.7 Å². The molecular formula is C23H26N4O2S. The van der Waals surface area contributed by atoms with E-state index in [-0.39, 0.29) is 11.6 Å². The van der Waals surface area contributed by atoms with E-state index in [1.165, 1.54) is 18.2 Å². The first-order valence-corrected chi connectivity index (χ1v) is 11.3. The summed E-state index contributed by atoms with van der Waals surface area (Å²) < 4.78 is 1.64. The van der Waals surface area contributed by atoms with Crippen molar-refractivity contribution < 1.29 is 4.79 Å². The van der Waals surface area contributed by atoms with Gasteiger partial charge in [0.15, 0.2) is 5.16 Å². The van der Waals surface area contributed by atoms with Gasteiger partial charge in [-0.15, -0.1) is 5.10 Å². The SMILES string of the molecule is O=C([C@H](Sc1n[nH]c(=O)n1CCc1ccccc1)c1ccccc1)N1CCCCC1. The summed E-state index contributed by atoms with van der Waals surface area (Å²) in [6.45, 7) is 2.11. The molecule has 0 saturated carbocycles. The fourth-order valence-electron chi connectivity index (χ4n) is 3.75. The van der Waals surface area contributed by atoms with Crippen LogP contribution in [-0.2, 0) is 17.8 Å². The summed E-state index contributed by atoms with van der Waals surface area (Å²) >= 11 is 1.36. The highest BCUT2D eigenvalue weighted by Gasteiger charge is 2.29. The van der Waals surface area contributed by atoms with Crippen LogP contribution in [0.15, 0.2) is 70.6 Å². The highest BCUT2D eigenvalue weighted by Crippen LogP contribution is 2.36. The molecule has 0 bridgehead atoms. The summed E-state index contributed by atoms with van der Waals surface area (Å²) in [7, 11) is 0. The molecule has 1 N–H and O–H groups in total. The Morgan fingerprint density at radius 1 is 1.00 bits per heavy atom. The van der Waals surface area contributed by atoms with Gasteiger partial charge in [-0.25, -0.2) is 9.89 Å². The Hall–Kier alpha value is -2.80. The van der Waals surface area contributed by atoms with E-state index in [0.29, 0.717) is 11.7 Å².